The van der Waals surface area contributed by atoms with Crippen molar-refractivity contribution in [3.05, 3.63) is 35.1 Å². The van der Waals surface area contributed by atoms with Gasteiger partial charge in [-0.25, -0.2) is 4.39 Å². The zero-order valence-corrected chi connectivity index (χ0v) is 11.9. The lowest BCUT2D eigenvalue weighted by Gasteiger charge is -2.28. The molecule has 0 N–H and O–H groups in total. The predicted octanol–water partition coefficient (Wildman–Crippen LogP) is 3.76. The van der Waals surface area contributed by atoms with Crippen LogP contribution in [-0.2, 0) is 0 Å². The second-order valence-electron chi connectivity index (χ2n) is 5.09. The van der Waals surface area contributed by atoms with E-state index in [1.54, 1.807) is 19.1 Å². The van der Waals surface area contributed by atoms with E-state index in [1.165, 1.54) is 6.07 Å². The van der Waals surface area contributed by atoms with Gasteiger partial charge in [0.2, 0.25) is 0 Å². The van der Waals surface area contributed by atoms with Crippen LogP contribution in [0.15, 0.2) is 18.2 Å². The molecule has 104 valence electrons. The number of carbonyl (C=O) groups excluding carboxylic acids is 1. The van der Waals surface area contributed by atoms with Crippen LogP contribution >= 0.6 is 11.6 Å². The van der Waals surface area contributed by atoms with E-state index in [9.17, 15) is 9.18 Å². The predicted molar refractivity (Wildman–Crippen MR) is 75.1 cm³/mol. The molecule has 1 aromatic rings. The molecule has 1 saturated carbocycles. The fraction of sp³-hybridized carbons (Fsp3) is 0.533. The third kappa shape index (κ3) is 3.27. The summed E-state index contributed by atoms with van der Waals surface area (Å²) in [5.41, 5.74) is 0.974. The molecule has 1 amide bonds. The molecule has 1 aliphatic rings. The number of halogens is 2. The molecule has 19 heavy (non-hydrogen) atoms. The lowest BCUT2D eigenvalue weighted by atomic mass is 10.1. The second-order valence-corrected chi connectivity index (χ2v) is 5.47. The van der Waals surface area contributed by atoms with Crippen molar-refractivity contribution < 1.29 is 9.18 Å². The Balaban J connectivity index is 2.20. The Labute approximate surface area is 118 Å². The van der Waals surface area contributed by atoms with Crippen molar-refractivity contribution in [1.29, 1.82) is 0 Å². The van der Waals surface area contributed by atoms with E-state index in [2.05, 4.69) is 0 Å². The molecule has 0 unspecified atom stereocenters. The molecule has 1 aliphatic carbocycles. The Hall–Kier alpha value is -1.09. The van der Waals surface area contributed by atoms with Gasteiger partial charge < -0.3 is 4.90 Å². The number of benzene rings is 1. The van der Waals surface area contributed by atoms with E-state index in [4.69, 9.17) is 11.6 Å². The number of hydrogen-bond donors (Lipinski definition) is 0. The maximum atomic E-state index is 13.6. The minimum atomic E-state index is -0.330. The van der Waals surface area contributed by atoms with Gasteiger partial charge in [0.15, 0.2) is 0 Å². The molecule has 0 heterocycles. The Morgan fingerprint density at radius 1 is 1.42 bits per heavy atom. The fourth-order valence-electron chi connectivity index (χ4n) is 2.65. The van der Waals surface area contributed by atoms with E-state index >= 15 is 0 Å². The Bertz CT molecular complexity index is 457. The smallest absolute Gasteiger partial charge is 0.254 e. The van der Waals surface area contributed by atoms with Crippen molar-refractivity contribution in [2.45, 2.75) is 38.6 Å². The Kier molecular flexibility index (Phi) is 4.81. The summed E-state index contributed by atoms with van der Waals surface area (Å²) in [6.07, 6.45) is 4.35. The lowest BCUT2D eigenvalue weighted by Crippen LogP contribution is -2.40. The maximum absolute atomic E-state index is 13.6. The molecule has 0 spiro atoms. The van der Waals surface area contributed by atoms with Gasteiger partial charge in [0.25, 0.3) is 5.91 Å². The van der Waals surface area contributed by atoms with Gasteiger partial charge in [0.1, 0.15) is 5.82 Å². The van der Waals surface area contributed by atoms with E-state index in [0.717, 1.165) is 25.7 Å². The standard InChI is InChI=1S/C15H19ClFNO/c1-11-6-7-12(10-14(11)17)15(19)18(9-8-16)13-4-2-3-5-13/h6-7,10,13H,2-5,8-9H2,1H3. The number of aryl methyl sites for hydroxylation is 1. The molecule has 0 atom stereocenters. The summed E-state index contributed by atoms with van der Waals surface area (Å²) in [5, 5.41) is 0. The van der Waals surface area contributed by atoms with Gasteiger partial charge >= 0.3 is 0 Å². The van der Waals surface area contributed by atoms with Crippen LogP contribution in [0, 0.1) is 12.7 Å². The molecule has 2 rings (SSSR count). The van der Waals surface area contributed by atoms with Crippen LogP contribution in [0.5, 0.6) is 0 Å². The van der Waals surface area contributed by atoms with Crippen LogP contribution in [0.4, 0.5) is 4.39 Å². The highest BCUT2D eigenvalue weighted by Crippen LogP contribution is 2.25. The maximum Gasteiger partial charge on any atom is 0.254 e. The molecule has 1 fully saturated rings. The first kappa shape index (κ1) is 14.3. The summed E-state index contributed by atoms with van der Waals surface area (Å²) in [4.78, 5) is 14.3. The van der Waals surface area contributed by atoms with E-state index in [-0.39, 0.29) is 17.8 Å². The Morgan fingerprint density at radius 2 is 2.11 bits per heavy atom. The van der Waals surface area contributed by atoms with Crippen LogP contribution in [0.25, 0.3) is 0 Å². The third-order valence-electron chi connectivity index (χ3n) is 3.77. The Morgan fingerprint density at radius 3 is 2.68 bits per heavy atom. The molecule has 4 heteroatoms. The average molecular weight is 284 g/mol. The van der Waals surface area contributed by atoms with Crippen molar-refractivity contribution in [1.82, 2.24) is 4.90 Å². The molecule has 0 aliphatic heterocycles. The first-order valence-corrected chi connectivity index (χ1v) is 7.30. The zero-order valence-electron chi connectivity index (χ0n) is 11.2. The number of carbonyl (C=O) groups is 1. The third-order valence-corrected chi connectivity index (χ3v) is 3.94. The number of hydrogen-bond acceptors (Lipinski definition) is 1. The van der Waals surface area contributed by atoms with Crippen LogP contribution in [0.1, 0.15) is 41.6 Å². The van der Waals surface area contributed by atoms with Crippen molar-refractivity contribution >= 4 is 17.5 Å². The van der Waals surface area contributed by atoms with Crippen LogP contribution in [-0.4, -0.2) is 29.3 Å². The second kappa shape index (κ2) is 6.38. The number of alkyl halides is 1. The quantitative estimate of drug-likeness (QED) is 0.771. The SMILES string of the molecule is Cc1ccc(C(=O)N(CCCl)C2CCCC2)cc1F. The van der Waals surface area contributed by atoms with Crippen molar-refractivity contribution in [2.24, 2.45) is 0 Å². The normalized spacial score (nSPS) is 15.7. The highest BCUT2D eigenvalue weighted by Gasteiger charge is 2.27. The molecular formula is C15H19ClFNO. The molecule has 0 saturated heterocycles. The molecule has 0 radical (unpaired) electrons. The van der Waals surface area contributed by atoms with Gasteiger partial charge in [-0.1, -0.05) is 18.9 Å². The van der Waals surface area contributed by atoms with E-state index in [1.807, 2.05) is 4.90 Å². The highest BCUT2D eigenvalue weighted by molar-refractivity contribution is 6.18. The minimum absolute atomic E-state index is 0.105. The van der Waals surface area contributed by atoms with Gasteiger partial charge in [-0.3, -0.25) is 4.79 Å². The van der Waals surface area contributed by atoms with Gasteiger partial charge in [0.05, 0.1) is 0 Å². The summed E-state index contributed by atoms with van der Waals surface area (Å²) in [7, 11) is 0. The summed E-state index contributed by atoms with van der Waals surface area (Å²) >= 11 is 5.79. The molecule has 0 aromatic heterocycles. The number of nitrogens with zero attached hydrogens (tertiary/aromatic N) is 1. The summed E-state index contributed by atoms with van der Waals surface area (Å²) in [5.74, 6) is -0.0223. The fourth-order valence-corrected chi connectivity index (χ4v) is 2.83. The monoisotopic (exact) mass is 283 g/mol. The first-order valence-electron chi connectivity index (χ1n) is 6.76. The van der Waals surface area contributed by atoms with Crippen molar-refractivity contribution in [2.75, 3.05) is 12.4 Å². The number of amides is 1. The first-order chi connectivity index (χ1) is 9.13. The van der Waals surface area contributed by atoms with Gasteiger partial charge in [-0.2, -0.15) is 0 Å². The van der Waals surface area contributed by atoms with Gasteiger partial charge in [-0.05, 0) is 37.5 Å². The molecule has 0 bridgehead atoms. The van der Waals surface area contributed by atoms with E-state index in [0.29, 0.717) is 23.6 Å². The summed E-state index contributed by atoms with van der Waals surface area (Å²) < 4.78 is 13.6. The van der Waals surface area contributed by atoms with Crippen molar-refractivity contribution in [3.8, 4) is 0 Å². The van der Waals surface area contributed by atoms with E-state index < -0.39 is 0 Å². The van der Waals surface area contributed by atoms with Gasteiger partial charge in [0, 0.05) is 24.0 Å². The largest absolute Gasteiger partial charge is 0.334 e. The molecular weight excluding hydrogens is 265 g/mol. The lowest BCUT2D eigenvalue weighted by molar-refractivity contribution is 0.0694. The van der Waals surface area contributed by atoms with Crippen LogP contribution in [0.3, 0.4) is 0 Å². The molecule has 2 nitrogen and oxygen atoms in total. The summed E-state index contributed by atoms with van der Waals surface area (Å²) in [6, 6.07) is 4.93. The van der Waals surface area contributed by atoms with Crippen LogP contribution in [0.2, 0.25) is 0 Å². The minimum Gasteiger partial charge on any atom is -0.334 e. The zero-order chi connectivity index (χ0) is 13.8. The molecule has 1 aromatic carbocycles. The average Bonchev–Trinajstić information content (AvgIpc) is 2.92. The van der Waals surface area contributed by atoms with Crippen molar-refractivity contribution in [3.63, 3.8) is 0 Å². The van der Waals surface area contributed by atoms with Gasteiger partial charge in [-0.15, -0.1) is 11.6 Å². The van der Waals surface area contributed by atoms with Crippen LogP contribution < -0.4 is 0 Å². The topological polar surface area (TPSA) is 20.3 Å². The summed E-state index contributed by atoms with van der Waals surface area (Å²) in [6.45, 7) is 2.22. The number of rotatable bonds is 4. The highest BCUT2D eigenvalue weighted by atomic mass is 35.5.